The molecule has 1 aromatic carbocycles. The molecule has 6 nitrogen and oxygen atoms in total. The Labute approximate surface area is 128 Å². The summed E-state index contributed by atoms with van der Waals surface area (Å²) in [6.07, 6.45) is -3.35. The van der Waals surface area contributed by atoms with Crippen LogP contribution in [0.4, 0.5) is 13.2 Å². The summed E-state index contributed by atoms with van der Waals surface area (Å²) in [5.41, 5.74) is -1.34. The standard InChI is InChI=1S/C14H12F3N3O3/c15-14(16,17)9-2-1-3-10(6-9)23-5-4-18-13(22)11-7-12(21)20-8-19-11/h1-3,6-8H,4-5H2,(H,18,22)(H,19,20,21). The number of nitrogens with zero attached hydrogens (tertiary/aromatic N) is 1. The largest absolute Gasteiger partial charge is 0.492 e. The van der Waals surface area contributed by atoms with Crippen molar-refractivity contribution in [2.24, 2.45) is 0 Å². The molecule has 0 saturated heterocycles. The zero-order valence-corrected chi connectivity index (χ0v) is 11.7. The Kier molecular flexibility index (Phi) is 4.99. The van der Waals surface area contributed by atoms with Gasteiger partial charge in [-0.3, -0.25) is 9.59 Å². The monoisotopic (exact) mass is 327 g/mol. The topological polar surface area (TPSA) is 84.1 Å². The fourth-order valence-electron chi connectivity index (χ4n) is 1.68. The van der Waals surface area contributed by atoms with E-state index in [1.807, 2.05) is 0 Å². The third-order valence-electron chi connectivity index (χ3n) is 2.73. The first kappa shape index (κ1) is 16.5. The molecule has 0 fully saturated rings. The minimum atomic E-state index is -4.44. The molecule has 0 bridgehead atoms. The van der Waals surface area contributed by atoms with Gasteiger partial charge in [-0.25, -0.2) is 4.98 Å². The average Bonchev–Trinajstić information content (AvgIpc) is 2.51. The number of nitrogens with one attached hydrogen (secondary N) is 2. The Morgan fingerprint density at radius 1 is 1.30 bits per heavy atom. The highest BCUT2D eigenvalue weighted by Crippen LogP contribution is 2.31. The molecule has 0 aliphatic rings. The molecular formula is C14H12F3N3O3. The van der Waals surface area contributed by atoms with Crippen molar-refractivity contribution in [3.63, 3.8) is 0 Å². The lowest BCUT2D eigenvalue weighted by Gasteiger charge is -2.10. The number of alkyl halides is 3. The highest BCUT2D eigenvalue weighted by molar-refractivity contribution is 5.91. The van der Waals surface area contributed by atoms with Gasteiger partial charge in [0.15, 0.2) is 0 Å². The number of benzene rings is 1. The zero-order valence-electron chi connectivity index (χ0n) is 11.7. The summed E-state index contributed by atoms with van der Waals surface area (Å²) in [7, 11) is 0. The van der Waals surface area contributed by atoms with Crippen molar-refractivity contribution in [1.82, 2.24) is 15.3 Å². The third kappa shape index (κ3) is 4.83. The fourth-order valence-corrected chi connectivity index (χ4v) is 1.68. The van der Waals surface area contributed by atoms with E-state index in [1.54, 1.807) is 0 Å². The lowest BCUT2D eigenvalue weighted by atomic mass is 10.2. The lowest BCUT2D eigenvalue weighted by Crippen LogP contribution is -2.29. The minimum Gasteiger partial charge on any atom is -0.492 e. The van der Waals surface area contributed by atoms with E-state index in [2.05, 4.69) is 15.3 Å². The molecule has 9 heteroatoms. The average molecular weight is 327 g/mol. The molecule has 23 heavy (non-hydrogen) atoms. The quantitative estimate of drug-likeness (QED) is 0.817. The van der Waals surface area contributed by atoms with Crippen molar-refractivity contribution in [2.75, 3.05) is 13.2 Å². The molecular weight excluding hydrogens is 315 g/mol. The number of rotatable bonds is 5. The molecule has 1 heterocycles. The third-order valence-corrected chi connectivity index (χ3v) is 2.73. The van der Waals surface area contributed by atoms with Gasteiger partial charge in [-0.05, 0) is 18.2 Å². The summed E-state index contributed by atoms with van der Waals surface area (Å²) in [6.45, 7) is 0.0137. The van der Waals surface area contributed by atoms with Crippen molar-refractivity contribution >= 4 is 5.91 Å². The van der Waals surface area contributed by atoms with Gasteiger partial charge >= 0.3 is 6.18 Å². The number of amides is 1. The van der Waals surface area contributed by atoms with Crippen molar-refractivity contribution in [3.8, 4) is 5.75 Å². The normalized spacial score (nSPS) is 11.1. The van der Waals surface area contributed by atoms with Crippen LogP contribution in [0.3, 0.4) is 0 Å². The number of carbonyl (C=O) groups is 1. The molecule has 1 aromatic heterocycles. The molecule has 1 amide bonds. The predicted molar refractivity (Wildman–Crippen MR) is 74.1 cm³/mol. The van der Waals surface area contributed by atoms with Crippen molar-refractivity contribution < 1.29 is 22.7 Å². The van der Waals surface area contributed by atoms with Crippen LogP contribution in [0.1, 0.15) is 16.1 Å². The van der Waals surface area contributed by atoms with Crippen LogP contribution in [-0.2, 0) is 6.18 Å². The fraction of sp³-hybridized carbons (Fsp3) is 0.214. The maximum absolute atomic E-state index is 12.5. The Morgan fingerprint density at radius 3 is 2.78 bits per heavy atom. The Balaban J connectivity index is 1.84. The van der Waals surface area contributed by atoms with E-state index in [0.717, 1.165) is 24.5 Å². The number of aromatic nitrogens is 2. The number of hydrogen-bond acceptors (Lipinski definition) is 4. The first-order valence-electron chi connectivity index (χ1n) is 6.49. The SMILES string of the molecule is O=C(NCCOc1cccc(C(F)(F)F)c1)c1cc(=O)[nH]cn1. The van der Waals surface area contributed by atoms with Gasteiger partial charge in [-0.1, -0.05) is 6.07 Å². The number of halogens is 3. The van der Waals surface area contributed by atoms with Crippen LogP contribution in [0, 0.1) is 0 Å². The molecule has 2 N–H and O–H groups in total. The second kappa shape index (κ2) is 6.95. The van der Waals surface area contributed by atoms with E-state index in [9.17, 15) is 22.8 Å². The second-order valence-electron chi connectivity index (χ2n) is 4.43. The molecule has 0 atom stereocenters. The Morgan fingerprint density at radius 2 is 2.09 bits per heavy atom. The van der Waals surface area contributed by atoms with Gasteiger partial charge in [0.25, 0.3) is 11.5 Å². The molecule has 0 spiro atoms. The van der Waals surface area contributed by atoms with Gasteiger partial charge in [0.05, 0.1) is 18.4 Å². The lowest BCUT2D eigenvalue weighted by molar-refractivity contribution is -0.137. The van der Waals surface area contributed by atoms with Gasteiger partial charge in [0.2, 0.25) is 0 Å². The van der Waals surface area contributed by atoms with Crippen LogP contribution in [0.25, 0.3) is 0 Å². The molecule has 2 rings (SSSR count). The highest BCUT2D eigenvalue weighted by Gasteiger charge is 2.30. The number of ether oxygens (including phenoxy) is 1. The summed E-state index contributed by atoms with van der Waals surface area (Å²) >= 11 is 0. The summed E-state index contributed by atoms with van der Waals surface area (Å²) in [4.78, 5) is 28.6. The van der Waals surface area contributed by atoms with E-state index in [0.29, 0.717) is 0 Å². The summed E-state index contributed by atoms with van der Waals surface area (Å²) in [5.74, 6) is -0.535. The first-order chi connectivity index (χ1) is 10.9. The van der Waals surface area contributed by atoms with E-state index in [4.69, 9.17) is 4.74 Å². The summed E-state index contributed by atoms with van der Waals surface area (Å²) in [5, 5.41) is 2.44. The van der Waals surface area contributed by atoms with Crippen LogP contribution in [0.5, 0.6) is 5.75 Å². The zero-order chi connectivity index (χ0) is 16.9. The molecule has 0 saturated carbocycles. The van der Waals surface area contributed by atoms with E-state index in [1.165, 1.54) is 12.1 Å². The number of carbonyl (C=O) groups excluding carboxylic acids is 1. The first-order valence-corrected chi connectivity index (χ1v) is 6.49. The maximum Gasteiger partial charge on any atom is 0.416 e. The van der Waals surface area contributed by atoms with Crippen LogP contribution >= 0.6 is 0 Å². The van der Waals surface area contributed by atoms with Crippen LogP contribution in [0.2, 0.25) is 0 Å². The van der Waals surface area contributed by atoms with E-state index < -0.39 is 23.2 Å². The summed E-state index contributed by atoms with van der Waals surface area (Å²) < 4.78 is 42.8. The molecule has 122 valence electrons. The minimum absolute atomic E-state index is 0.0315. The van der Waals surface area contributed by atoms with E-state index in [-0.39, 0.29) is 24.6 Å². The molecule has 0 unspecified atom stereocenters. The van der Waals surface area contributed by atoms with Gasteiger partial charge in [-0.15, -0.1) is 0 Å². The predicted octanol–water partition coefficient (Wildman–Crippen LogP) is 1.60. The van der Waals surface area contributed by atoms with Crippen LogP contribution in [0.15, 0.2) is 41.5 Å². The molecule has 0 radical (unpaired) electrons. The van der Waals surface area contributed by atoms with Crippen molar-refractivity contribution in [2.45, 2.75) is 6.18 Å². The number of H-pyrrole nitrogens is 1. The number of aromatic amines is 1. The van der Waals surface area contributed by atoms with Crippen molar-refractivity contribution in [1.29, 1.82) is 0 Å². The summed E-state index contributed by atoms with van der Waals surface area (Å²) in [6, 6.07) is 5.46. The second-order valence-corrected chi connectivity index (χ2v) is 4.43. The van der Waals surface area contributed by atoms with Gasteiger partial charge in [0, 0.05) is 6.07 Å². The Bertz CT molecular complexity index is 744. The van der Waals surface area contributed by atoms with Crippen molar-refractivity contribution in [3.05, 3.63) is 58.3 Å². The maximum atomic E-state index is 12.5. The van der Waals surface area contributed by atoms with Gasteiger partial charge in [0.1, 0.15) is 18.1 Å². The van der Waals surface area contributed by atoms with E-state index >= 15 is 0 Å². The van der Waals surface area contributed by atoms with Crippen LogP contribution < -0.4 is 15.6 Å². The highest BCUT2D eigenvalue weighted by atomic mass is 19.4. The van der Waals surface area contributed by atoms with Crippen LogP contribution in [-0.4, -0.2) is 29.0 Å². The van der Waals surface area contributed by atoms with Gasteiger partial charge < -0.3 is 15.0 Å². The smallest absolute Gasteiger partial charge is 0.416 e. The number of hydrogen-bond donors (Lipinski definition) is 2. The molecule has 2 aromatic rings. The Hall–Kier alpha value is -2.84. The molecule has 0 aliphatic carbocycles. The van der Waals surface area contributed by atoms with Gasteiger partial charge in [-0.2, -0.15) is 13.2 Å². The molecule has 0 aliphatic heterocycles.